The number of methoxy groups -OCH3 is 2. The van der Waals surface area contributed by atoms with Crippen LogP contribution in [0.1, 0.15) is 12.5 Å². The van der Waals surface area contributed by atoms with Crippen LogP contribution in [0, 0.1) is 0 Å². The number of rotatable bonds is 4. The molecule has 0 atom stereocenters. The summed E-state index contributed by atoms with van der Waals surface area (Å²) >= 11 is 0. The minimum Gasteiger partial charge on any atom is -0.493 e. The Labute approximate surface area is 99.5 Å². The maximum atomic E-state index is 10.7. The smallest absolute Gasteiger partial charge is 0.331 e. The standard InChI is InChI=1S/C12H15NO4/c1-7(12(14)15)4-8-5-10(16-2)11(17-3)6-9(8)13/h4-6H,13H2,1-3H3,(H,14,15)/b7-4+. The highest BCUT2D eigenvalue weighted by molar-refractivity contribution is 5.92. The predicted octanol–water partition coefficient (Wildman–Crippen LogP) is 1.77. The average Bonchev–Trinajstić information content (AvgIpc) is 2.30. The predicted molar refractivity (Wildman–Crippen MR) is 65.2 cm³/mol. The summed E-state index contributed by atoms with van der Waals surface area (Å²) in [6, 6.07) is 3.24. The van der Waals surface area contributed by atoms with Crippen LogP contribution in [0.15, 0.2) is 17.7 Å². The number of aliphatic carboxylic acids is 1. The lowest BCUT2D eigenvalue weighted by Gasteiger charge is -2.10. The van der Waals surface area contributed by atoms with Gasteiger partial charge in [0.25, 0.3) is 0 Å². The fourth-order valence-electron chi connectivity index (χ4n) is 1.33. The molecular weight excluding hydrogens is 222 g/mol. The maximum absolute atomic E-state index is 10.7. The number of hydrogen-bond acceptors (Lipinski definition) is 4. The summed E-state index contributed by atoms with van der Waals surface area (Å²) in [7, 11) is 3.01. The summed E-state index contributed by atoms with van der Waals surface area (Å²) in [5.74, 6) is 0.0282. The normalized spacial score (nSPS) is 11.1. The van der Waals surface area contributed by atoms with Crippen molar-refractivity contribution in [1.29, 1.82) is 0 Å². The Hall–Kier alpha value is -2.17. The van der Waals surface area contributed by atoms with Gasteiger partial charge in [0.2, 0.25) is 0 Å². The molecule has 5 heteroatoms. The van der Waals surface area contributed by atoms with Crippen LogP contribution in [0.25, 0.3) is 6.08 Å². The van der Waals surface area contributed by atoms with Crippen molar-refractivity contribution in [2.24, 2.45) is 0 Å². The quantitative estimate of drug-likeness (QED) is 0.616. The van der Waals surface area contributed by atoms with Gasteiger partial charge in [-0.25, -0.2) is 4.79 Å². The first-order chi connectivity index (χ1) is 7.99. The number of carbonyl (C=O) groups is 1. The van der Waals surface area contributed by atoms with E-state index in [9.17, 15) is 4.79 Å². The van der Waals surface area contributed by atoms with Crippen LogP contribution in [-0.4, -0.2) is 25.3 Å². The lowest BCUT2D eigenvalue weighted by molar-refractivity contribution is -0.132. The molecule has 0 radical (unpaired) electrons. The van der Waals surface area contributed by atoms with Crippen LogP contribution in [0.3, 0.4) is 0 Å². The molecule has 0 aliphatic carbocycles. The number of ether oxygens (including phenoxy) is 2. The number of carboxylic acids is 1. The number of carboxylic acid groups (broad SMARTS) is 1. The van der Waals surface area contributed by atoms with Gasteiger partial charge < -0.3 is 20.3 Å². The molecule has 5 nitrogen and oxygen atoms in total. The SMILES string of the molecule is COc1cc(N)c(/C=C(\C)C(=O)O)cc1OC. The Morgan fingerprint density at radius 3 is 2.29 bits per heavy atom. The number of hydrogen-bond donors (Lipinski definition) is 2. The van der Waals surface area contributed by atoms with Crippen LogP contribution in [0.2, 0.25) is 0 Å². The first-order valence-corrected chi connectivity index (χ1v) is 4.92. The molecule has 1 aromatic rings. The number of anilines is 1. The third-order valence-electron chi connectivity index (χ3n) is 2.30. The van der Waals surface area contributed by atoms with Gasteiger partial charge in [0, 0.05) is 22.9 Å². The Morgan fingerprint density at radius 2 is 1.82 bits per heavy atom. The monoisotopic (exact) mass is 237 g/mol. The van der Waals surface area contributed by atoms with E-state index >= 15 is 0 Å². The van der Waals surface area contributed by atoms with Crippen LogP contribution in [0.5, 0.6) is 11.5 Å². The van der Waals surface area contributed by atoms with Crippen LogP contribution in [-0.2, 0) is 4.79 Å². The minimum atomic E-state index is -0.987. The van der Waals surface area contributed by atoms with Crippen LogP contribution < -0.4 is 15.2 Å². The van der Waals surface area contributed by atoms with E-state index in [1.807, 2.05) is 0 Å². The topological polar surface area (TPSA) is 81.8 Å². The van der Waals surface area contributed by atoms with E-state index in [1.54, 1.807) is 12.1 Å². The number of benzene rings is 1. The van der Waals surface area contributed by atoms with Crippen LogP contribution in [0.4, 0.5) is 5.69 Å². The molecule has 17 heavy (non-hydrogen) atoms. The van der Waals surface area contributed by atoms with Gasteiger partial charge in [-0.05, 0) is 19.1 Å². The Bertz CT molecular complexity index is 466. The highest BCUT2D eigenvalue weighted by Gasteiger charge is 2.09. The van der Waals surface area contributed by atoms with E-state index in [4.69, 9.17) is 20.3 Å². The second kappa shape index (κ2) is 5.25. The number of nitrogen functional groups attached to an aromatic ring is 1. The molecule has 0 aliphatic rings. The van der Waals surface area contributed by atoms with E-state index in [1.165, 1.54) is 27.2 Å². The molecule has 0 aliphatic heterocycles. The summed E-state index contributed by atoms with van der Waals surface area (Å²) < 4.78 is 10.2. The molecule has 0 unspecified atom stereocenters. The summed E-state index contributed by atoms with van der Waals surface area (Å²) in [5.41, 5.74) is 7.01. The Kier molecular flexibility index (Phi) is 3.98. The highest BCUT2D eigenvalue weighted by Crippen LogP contribution is 2.32. The zero-order valence-electron chi connectivity index (χ0n) is 9.98. The van der Waals surface area contributed by atoms with E-state index in [2.05, 4.69) is 0 Å². The molecular formula is C12H15NO4. The van der Waals surface area contributed by atoms with Gasteiger partial charge >= 0.3 is 5.97 Å². The van der Waals surface area contributed by atoms with Gasteiger partial charge in [-0.1, -0.05) is 0 Å². The van der Waals surface area contributed by atoms with E-state index in [0.717, 1.165) is 0 Å². The van der Waals surface area contributed by atoms with Crippen molar-refractivity contribution in [1.82, 2.24) is 0 Å². The second-order valence-electron chi connectivity index (χ2n) is 3.47. The van der Waals surface area contributed by atoms with Crippen molar-refractivity contribution in [3.8, 4) is 11.5 Å². The van der Waals surface area contributed by atoms with Crippen molar-refractivity contribution in [3.63, 3.8) is 0 Å². The zero-order valence-corrected chi connectivity index (χ0v) is 9.98. The van der Waals surface area contributed by atoms with Gasteiger partial charge in [-0.2, -0.15) is 0 Å². The Balaban J connectivity index is 3.26. The first-order valence-electron chi connectivity index (χ1n) is 4.92. The third kappa shape index (κ3) is 2.90. The second-order valence-corrected chi connectivity index (χ2v) is 3.47. The molecule has 0 spiro atoms. The fraction of sp³-hybridized carbons (Fsp3) is 0.250. The van der Waals surface area contributed by atoms with E-state index in [-0.39, 0.29) is 5.57 Å². The molecule has 0 aromatic heterocycles. The highest BCUT2D eigenvalue weighted by atomic mass is 16.5. The molecule has 0 saturated heterocycles. The summed E-state index contributed by atoms with van der Waals surface area (Å²) in [4.78, 5) is 10.7. The molecule has 0 heterocycles. The van der Waals surface area contributed by atoms with Crippen molar-refractivity contribution < 1.29 is 19.4 Å². The zero-order chi connectivity index (χ0) is 13.0. The van der Waals surface area contributed by atoms with Gasteiger partial charge in [-0.3, -0.25) is 0 Å². The molecule has 0 bridgehead atoms. The average molecular weight is 237 g/mol. The molecule has 0 fully saturated rings. The van der Waals surface area contributed by atoms with Crippen molar-refractivity contribution >= 4 is 17.7 Å². The van der Waals surface area contributed by atoms with E-state index in [0.29, 0.717) is 22.7 Å². The van der Waals surface area contributed by atoms with Gasteiger partial charge in [0.15, 0.2) is 11.5 Å². The van der Waals surface area contributed by atoms with Crippen molar-refractivity contribution in [3.05, 3.63) is 23.3 Å². The Morgan fingerprint density at radius 1 is 1.29 bits per heavy atom. The minimum absolute atomic E-state index is 0.198. The maximum Gasteiger partial charge on any atom is 0.331 e. The fourth-order valence-corrected chi connectivity index (χ4v) is 1.33. The summed E-state index contributed by atoms with van der Waals surface area (Å²) in [6.45, 7) is 1.50. The molecule has 1 rings (SSSR count). The summed E-state index contributed by atoms with van der Waals surface area (Å²) in [6.07, 6.45) is 1.49. The third-order valence-corrected chi connectivity index (χ3v) is 2.30. The van der Waals surface area contributed by atoms with E-state index < -0.39 is 5.97 Å². The number of nitrogens with two attached hydrogens (primary N) is 1. The molecule has 1 aromatic carbocycles. The van der Waals surface area contributed by atoms with Gasteiger partial charge in [0.1, 0.15) is 0 Å². The van der Waals surface area contributed by atoms with Gasteiger partial charge in [0.05, 0.1) is 14.2 Å². The first kappa shape index (κ1) is 12.9. The van der Waals surface area contributed by atoms with Crippen molar-refractivity contribution in [2.75, 3.05) is 20.0 Å². The summed E-state index contributed by atoms with van der Waals surface area (Å²) in [5, 5.41) is 8.80. The molecule has 0 amide bonds. The van der Waals surface area contributed by atoms with Crippen LogP contribution >= 0.6 is 0 Å². The van der Waals surface area contributed by atoms with Gasteiger partial charge in [-0.15, -0.1) is 0 Å². The molecule has 92 valence electrons. The van der Waals surface area contributed by atoms with Crippen molar-refractivity contribution in [2.45, 2.75) is 6.92 Å². The lowest BCUT2D eigenvalue weighted by atomic mass is 10.1. The molecule has 0 saturated carbocycles. The molecule has 3 N–H and O–H groups in total. The lowest BCUT2D eigenvalue weighted by Crippen LogP contribution is -1.99. The largest absolute Gasteiger partial charge is 0.493 e.